The van der Waals surface area contributed by atoms with E-state index in [1.165, 1.54) is 4.90 Å². The number of nitrogens with one attached hydrogen (secondary N) is 1. The lowest BCUT2D eigenvalue weighted by molar-refractivity contribution is -0.140. The van der Waals surface area contributed by atoms with Crippen LogP contribution in [0.4, 0.5) is 4.79 Å². The normalized spacial score (nSPS) is 19.8. The second-order valence-electron chi connectivity index (χ2n) is 4.21. The van der Waals surface area contributed by atoms with Gasteiger partial charge in [-0.05, 0) is 6.42 Å². The smallest absolute Gasteiger partial charge is 0.326 e. The number of carboxylic acid groups (broad SMARTS) is 2. The number of carbonyl (C=O) groups is 3. The zero-order chi connectivity index (χ0) is 15.1. The van der Waals surface area contributed by atoms with Crippen molar-refractivity contribution in [2.45, 2.75) is 25.0 Å². The van der Waals surface area contributed by atoms with E-state index in [4.69, 9.17) is 20.2 Å². The SMILES string of the molecule is N#CC1CN(C(=O)N[C@@H](CCC(=O)O)C(=O)O)CCO1. The lowest BCUT2D eigenvalue weighted by atomic mass is 10.1. The molecule has 0 aliphatic carbocycles. The number of nitrogens with zero attached hydrogens (tertiary/aromatic N) is 2. The number of nitriles is 1. The Kier molecular flexibility index (Phi) is 5.74. The molecule has 0 bridgehead atoms. The topological polar surface area (TPSA) is 140 Å². The van der Waals surface area contributed by atoms with Crippen molar-refractivity contribution in [3.05, 3.63) is 0 Å². The van der Waals surface area contributed by atoms with Crippen LogP contribution in [0.15, 0.2) is 0 Å². The number of carboxylic acids is 2. The third-order valence-corrected chi connectivity index (χ3v) is 2.74. The maximum atomic E-state index is 11.9. The van der Waals surface area contributed by atoms with Crippen LogP contribution in [0.25, 0.3) is 0 Å². The van der Waals surface area contributed by atoms with Crippen molar-refractivity contribution < 1.29 is 29.3 Å². The van der Waals surface area contributed by atoms with Crippen molar-refractivity contribution in [3.63, 3.8) is 0 Å². The van der Waals surface area contributed by atoms with Crippen LogP contribution in [0.5, 0.6) is 0 Å². The van der Waals surface area contributed by atoms with Crippen molar-refractivity contribution in [3.8, 4) is 6.07 Å². The van der Waals surface area contributed by atoms with Gasteiger partial charge in [-0.1, -0.05) is 0 Å². The van der Waals surface area contributed by atoms with E-state index in [1.807, 2.05) is 6.07 Å². The van der Waals surface area contributed by atoms with Gasteiger partial charge in [0.05, 0.1) is 19.2 Å². The highest BCUT2D eigenvalue weighted by atomic mass is 16.5. The highest BCUT2D eigenvalue weighted by Crippen LogP contribution is 2.06. The third-order valence-electron chi connectivity index (χ3n) is 2.74. The zero-order valence-electron chi connectivity index (χ0n) is 10.6. The fourth-order valence-corrected chi connectivity index (χ4v) is 1.68. The number of hydrogen-bond donors (Lipinski definition) is 3. The van der Waals surface area contributed by atoms with Gasteiger partial charge in [0.15, 0.2) is 6.10 Å². The molecule has 9 heteroatoms. The summed E-state index contributed by atoms with van der Waals surface area (Å²) in [6, 6.07) is -0.0558. The van der Waals surface area contributed by atoms with Crippen molar-refractivity contribution >= 4 is 18.0 Å². The number of rotatable bonds is 5. The molecule has 2 atom stereocenters. The molecule has 1 aliphatic heterocycles. The van der Waals surface area contributed by atoms with Gasteiger partial charge >= 0.3 is 18.0 Å². The summed E-state index contributed by atoms with van der Waals surface area (Å²) in [5.41, 5.74) is 0. The van der Waals surface area contributed by atoms with Gasteiger partial charge < -0.3 is 25.2 Å². The van der Waals surface area contributed by atoms with Crippen LogP contribution in [-0.2, 0) is 14.3 Å². The molecule has 2 amide bonds. The molecule has 0 aromatic rings. The van der Waals surface area contributed by atoms with Crippen LogP contribution in [-0.4, -0.2) is 64.9 Å². The molecule has 3 N–H and O–H groups in total. The minimum atomic E-state index is -1.30. The van der Waals surface area contributed by atoms with Crippen molar-refractivity contribution in [1.29, 1.82) is 5.26 Å². The lowest BCUT2D eigenvalue weighted by Gasteiger charge is -2.30. The Bertz CT molecular complexity index is 432. The summed E-state index contributed by atoms with van der Waals surface area (Å²) in [6.07, 6.45) is -1.30. The minimum absolute atomic E-state index is 0.0492. The largest absolute Gasteiger partial charge is 0.481 e. The molecule has 1 aliphatic rings. The van der Waals surface area contributed by atoms with Crippen molar-refractivity contribution in [2.24, 2.45) is 0 Å². The molecule has 0 aromatic carbocycles. The first-order chi connectivity index (χ1) is 9.43. The molecular formula is C11H15N3O6. The summed E-state index contributed by atoms with van der Waals surface area (Å²) in [7, 11) is 0. The predicted octanol–water partition coefficient (Wildman–Crippen LogP) is -0.762. The number of amides is 2. The highest BCUT2D eigenvalue weighted by Gasteiger charge is 2.27. The summed E-state index contributed by atoms with van der Waals surface area (Å²) in [5.74, 6) is -2.44. The molecule has 1 rings (SSSR count). The van der Waals surface area contributed by atoms with E-state index < -0.39 is 30.1 Å². The average Bonchev–Trinajstić information content (AvgIpc) is 2.42. The summed E-state index contributed by atoms with van der Waals surface area (Å²) >= 11 is 0. The number of morpholine rings is 1. The van der Waals surface area contributed by atoms with Crippen molar-refractivity contribution in [1.82, 2.24) is 10.2 Å². The molecule has 1 heterocycles. The van der Waals surface area contributed by atoms with E-state index in [1.54, 1.807) is 0 Å². The van der Waals surface area contributed by atoms with Gasteiger partial charge in [0.2, 0.25) is 0 Å². The van der Waals surface area contributed by atoms with Gasteiger partial charge in [0.25, 0.3) is 0 Å². The maximum absolute atomic E-state index is 11.9. The Labute approximate surface area is 114 Å². The highest BCUT2D eigenvalue weighted by molar-refractivity contribution is 5.83. The van der Waals surface area contributed by atoms with Crippen LogP contribution in [0.3, 0.4) is 0 Å². The number of ether oxygens (including phenoxy) is 1. The van der Waals surface area contributed by atoms with Crippen LogP contribution in [0.1, 0.15) is 12.8 Å². The number of carbonyl (C=O) groups excluding carboxylic acids is 1. The zero-order valence-corrected chi connectivity index (χ0v) is 10.6. The van der Waals surface area contributed by atoms with E-state index in [0.29, 0.717) is 0 Å². The van der Waals surface area contributed by atoms with Crippen LogP contribution in [0.2, 0.25) is 0 Å². The Balaban J connectivity index is 2.55. The molecular weight excluding hydrogens is 270 g/mol. The Hall–Kier alpha value is -2.34. The molecule has 1 fully saturated rings. The molecule has 0 aromatic heterocycles. The van der Waals surface area contributed by atoms with E-state index in [2.05, 4.69) is 5.32 Å². The van der Waals surface area contributed by atoms with E-state index in [0.717, 1.165) is 0 Å². The molecule has 0 radical (unpaired) electrons. The quantitative estimate of drug-likeness (QED) is 0.603. The fraction of sp³-hybridized carbons (Fsp3) is 0.636. The summed E-state index contributed by atoms with van der Waals surface area (Å²) in [5, 5.41) is 28.4. The monoisotopic (exact) mass is 285 g/mol. The second-order valence-corrected chi connectivity index (χ2v) is 4.21. The number of urea groups is 1. The van der Waals surface area contributed by atoms with Gasteiger partial charge in [0.1, 0.15) is 6.04 Å². The van der Waals surface area contributed by atoms with E-state index in [-0.39, 0.29) is 32.5 Å². The second kappa shape index (κ2) is 7.30. The Morgan fingerprint density at radius 2 is 2.15 bits per heavy atom. The van der Waals surface area contributed by atoms with Crippen LogP contribution < -0.4 is 5.32 Å². The summed E-state index contributed by atoms with van der Waals surface area (Å²) in [6.45, 7) is 0.487. The van der Waals surface area contributed by atoms with Crippen LogP contribution in [0, 0.1) is 11.3 Å². The van der Waals surface area contributed by atoms with E-state index >= 15 is 0 Å². The van der Waals surface area contributed by atoms with Gasteiger partial charge in [-0.3, -0.25) is 4.79 Å². The molecule has 0 spiro atoms. The third kappa shape index (κ3) is 4.74. The molecule has 20 heavy (non-hydrogen) atoms. The van der Waals surface area contributed by atoms with Crippen LogP contribution >= 0.6 is 0 Å². The maximum Gasteiger partial charge on any atom is 0.326 e. The first-order valence-corrected chi connectivity index (χ1v) is 5.95. The molecule has 1 saturated heterocycles. The summed E-state index contributed by atoms with van der Waals surface area (Å²) in [4.78, 5) is 34.5. The summed E-state index contributed by atoms with van der Waals surface area (Å²) < 4.78 is 5.06. The average molecular weight is 285 g/mol. The number of hydrogen-bond acceptors (Lipinski definition) is 5. The molecule has 9 nitrogen and oxygen atoms in total. The fourth-order valence-electron chi connectivity index (χ4n) is 1.68. The van der Waals surface area contributed by atoms with Crippen molar-refractivity contribution in [2.75, 3.05) is 19.7 Å². The van der Waals surface area contributed by atoms with Gasteiger partial charge in [-0.2, -0.15) is 5.26 Å². The Morgan fingerprint density at radius 3 is 2.70 bits per heavy atom. The number of aliphatic carboxylic acids is 2. The van der Waals surface area contributed by atoms with E-state index in [9.17, 15) is 14.4 Å². The van der Waals surface area contributed by atoms with Gasteiger partial charge in [-0.15, -0.1) is 0 Å². The molecule has 0 saturated carbocycles. The standard InChI is InChI=1S/C11H15N3O6/c12-5-7-6-14(3-4-20-7)11(19)13-8(10(17)18)1-2-9(15)16/h7-8H,1-4,6H2,(H,13,19)(H,15,16)(H,17,18)/t7?,8-/m0/s1. The molecule has 1 unspecified atom stereocenters. The first kappa shape index (κ1) is 15.7. The molecule has 110 valence electrons. The Morgan fingerprint density at radius 1 is 1.45 bits per heavy atom. The minimum Gasteiger partial charge on any atom is -0.481 e. The van der Waals surface area contributed by atoms with Gasteiger partial charge in [0, 0.05) is 13.0 Å². The first-order valence-electron chi connectivity index (χ1n) is 5.95. The lowest BCUT2D eigenvalue weighted by Crippen LogP contribution is -2.53. The predicted molar refractivity (Wildman–Crippen MR) is 63.8 cm³/mol. The van der Waals surface area contributed by atoms with Gasteiger partial charge in [-0.25, -0.2) is 9.59 Å².